The second kappa shape index (κ2) is 14.7. The molecule has 0 aliphatic carbocycles. The van der Waals surface area contributed by atoms with Gasteiger partial charge >= 0.3 is 24.4 Å². The largest absolute Gasteiger partial charge is 0.464 e. The van der Waals surface area contributed by atoms with Crippen molar-refractivity contribution >= 4 is 17.7 Å². The van der Waals surface area contributed by atoms with E-state index in [0.29, 0.717) is 11.6 Å². The fourth-order valence-electron chi connectivity index (χ4n) is 4.59. The first-order chi connectivity index (χ1) is 22.9. The number of hydrogen-bond donors (Lipinski definition) is 1. The average Bonchev–Trinajstić information content (AvgIpc) is 3.72. The Labute approximate surface area is 275 Å². The van der Waals surface area contributed by atoms with E-state index in [4.69, 9.17) is 23.4 Å². The highest BCUT2D eigenvalue weighted by Gasteiger charge is 2.61. The highest BCUT2D eigenvalue weighted by molar-refractivity contribution is 5.94. The summed E-state index contributed by atoms with van der Waals surface area (Å²) in [5, 5.41) is 9.31. The van der Waals surface area contributed by atoms with E-state index in [2.05, 4.69) is 25.2 Å². The van der Waals surface area contributed by atoms with Crippen molar-refractivity contribution in [2.24, 2.45) is 0 Å². The first kappa shape index (κ1) is 37.0. The number of alkyl halides is 6. The molecule has 2 aromatic heterocycles. The summed E-state index contributed by atoms with van der Waals surface area (Å²) in [7, 11) is 0.796. The number of unbranched alkanes of at least 4 members (excludes halogenated alkanes) is 1. The van der Waals surface area contributed by atoms with Crippen molar-refractivity contribution in [2.75, 3.05) is 12.4 Å². The summed E-state index contributed by atoms with van der Waals surface area (Å²) >= 11 is 0. The van der Waals surface area contributed by atoms with E-state index in [9.17, 15) is 22.8 Å². The van der Waals surface area contributed by atoms with Gasteiger partial charge in [0.2, 0.25) is 11.9 Å². The van der Waals surface area contributed by atoms with Crippen molar-refractivity contribution < 1.29 is 64.0 Å². The molecule has 0 saturated heterocycles. The Morgan fingerprint density at radius 1 is 0.959 bits per heavy atom. The lowest BCUT2D eigenvalue weighted by molar-refractivity contribution is -0.300. The maximum absolute atomic E-state index is 15.1. The summed E-state index contributed by atoms with van der Waals surface area (Å²) in [4.78, 5) is 28.7. The van der Waals surface area contributed by atoms with Crippen molar-refractivity contribution in [3.05, 3.63) is 71.6 Å². The minimum atomic E-state index is -5.19. The van der Waals surface area contributed by atoms with Crippen molar-refractivity contribution in [1.29, 1.82) is 0 Å². The van der Waals surface area contributed by atoms with Crippen LogP contribution in [0.1, 0.15) is 74.0 Å². The standard InChI is InChI=1S/C31H32F6N4O8/c1-28(2,3)49-27(43)38-20-16-19(30(32,33)34)22(25(42)44-4)39-23(20)24-40-41-26(48-24)29(31(35,36)37,47-17-18-10-6-5-7-11-18)13-9-8-12-21-45-14-15-46-21/h5-7,10-11,14-16,21H,8-9,12-13,17H2,1-4H3,(H,38,43)/t29-/m1/s1. The van der Waals surface area contributed by atoms with E-state index in [0.717, 1.165) is 7.11 Å². The normalized spacial score (nSPS) is 14.9. The molecule has 0 fully saturated rings. The van der Waals surface area contributed by atoms with E-state index in [1.165, 1.54) is 45.4 Å². The number of anilines is 1. The van der Waals surface area contributed by atoms with Crippen LogP contribution in [0.2, 0.25) is 0 Å². The van der Waals surface area contributed by atoms with Crippen LogP contribution < -0.4 is 5.32 Å². The monoisotopic (exact) mass is 702 g/mol. The number of amides is 1. The minimum absolute atomic E-state index is 0.105. The molecular weight excluding hydrogens is 670 g/mol. The third-order valence-corrected chi connectivity index (χ3v) is 6.84. The molecule has 1 aromatic carbocycles. The number of carbonyl (C=O) groups excluding carboxylic acids is 2. The van der Waals surface area contributed by atoms with E-state index < -0.39 is 89.4 Å². The number of pyridine rings is 1. The number of hydrogen-bond acceptors (Lipinski definition) is 11. The molecule has 0 unspecified atom stereocenters. The molecule has 1 aliphatic heterocycles. The molecular formula is C31H32F6N4O8. The molecule has 0 saturated carbocycles. The van der Waals surface area contributed by atoms with Crippen LogP contribution in [0.5, 0.6) is 0 Å². The molecule has 0 spiro atoms. The SMILES string of the molecule is COC(=O)c1nc(-c2nnc([C@@](CCCCC3OC=CO3)(OCc3ccccc3)C(F)(F)F)o2)c(NC(=O)OC(C)(C)C)cc1C(F)(F)F. The van der Waals surface area contributed by atoms with Gasteiger partial charge in [0.05, 0.1) is 25.0 Å². The number of methoxy groups -OCH3 is 1. The Balaban J connectivity index is 1.81. The lowest BCUT2D eigenvalue weighted by atomic mass is 9.94. The van der Waals surface area contributed by atoms with Crippen LogP contribution in [0.4, 0.5) is 36.8 Å². The van der Waals surface area contributed by atoms with Gasteiger partial charge in [-0.15, -0.1) is 10.2 Å². The second-order valence-electron chi connectivity index (χ2n) is 11.6. The van der Waals surface area contributed by atoms with Crippen LogP contribution in [0, 0.1) is 0 Å². The van der Waals surface area contributed by atoms with E-state index in [1.54, 1.807) is 18.2 Å². The van der Waals surface area contributed by atoms with E-state index in [-0.39, 0.29) is 19.3 Å². The van der Waals surface area contributed by atoms with Gasteiger partial charge in [0.15, 0.2) is 11.4 Å². The highest BCUT2D eigenvalue weighted by Crippen LogP contribution is 2.47. The van der Waals surface area contributed by atoms with Gasteiger partial charge in [-0.2, -0.15) is 26.3 Å². The van der Waals surface area contributed by atoms with Gasteiger partial charge in [0, 0.05) is 6.42 Å². The predicted molar refractivity (Wildman–Crippen MR) is 156 cm³/mol. The molecule has 3 heterocycles. The van der Waals surface area contributed by atoms with Gasteiger partial charge in [-0.25, -0.2) is 14.6 Å². The van der Waals surface area contributed by atoms with Crippen molar-refractivity contribution in [1.82, 2.24) is 15.2 Å². The van der Waals surface area contributed by atoms with Gasteiger partial charge in [-0.3, -0.25) is 5.32 Å². The Morgan fingerprint density at radius 3 is 2.22 bits per heavy atom. The third kappa shape index (κ3) is 9.18. The van der Waals surface area contributed by atoms with Crippen LogP contribution >= 0.6 is 0 Å². The summed E-state index contributed by atoms with van der Waals surface area (Å²) < 4.78 is 118. The minimum Gasteiger partial charge on any atom is -0.464 e. The zero-order valence-electron chi connectivity index (χ0n) is 26.6. The summed E-state index contributed by atoms with van der Waals surface area (Å²) in [5.74, 6) is -3.53. The Kier molecular flexibility index (Phi) is 11.1. The van der Waals surface area contributed by atoms with Crippen LogP contribution in [-0.4, -0.2) is 52.4 Å². The topological polar surface area (TPSA) is 144 Å². The van der Waals surface area contributed by atoms with Crippen LogP contribution in [0.15, 0.2) is 53.3 Å². The van der Waals surface area contributed by atoms with Gasteiger partial charge < -0.3 is 28.1 Å². The van der Waals surface area contributed by atoms with Crippen LogP contribution in [0.25, 0.3) is 11.6 Å². The number of nitrogens with zero attached hydrogens (tertiary/aromatic N) is 3. The summed E-state index contributed by atoms with van der Waals surface area (Å²) in [6, 6.07) is 8.27. The number of esters is 1. The van der Waals surface area contributed by atoms with Gasteiger partial charge in [-0.1, -0.05) is 30.3 Å². The zero-order valence-corrected chi connectivity index (χ0v) is 26.6. The summed E-state index contributed by atoms with van der Waals surface area (Å²) in [6.07, 6.45) is -10.1. The maximum Gasteiger partial charge on any atom is 0.426 e. The molecule has 1 amide bonds. The molecule has 1 N–H and O–H groups in total. The molecule has 0 bridgehead atoms. The third-order valence-electron chi connectivity index (χ3n) is 6.84. The Hall–Kier alpha value is -4.87. The molecule has 1 atom stereocenters. The lowest BCUT2D eigenvalue weighted by Gasteiger charge is -2.32. The predicted octanol–water partition coefficient (Wildman–Crippen LogP) is 7.66. The fraction of sp³-hybridized carbons (Fsp3) is 0.452. The average molecular weight is 703 g/mol. The van der Waals surface area contributed by atoms with Crippen molar-refractivity contribution in [3.63, 3.8) is 0 Å². The first-order valence-corrected chi connectivity index (χ1v) is 14.7. The molecule has 3 aromatic rings. The van der Waals surface area contributed by atoms with E-state index >= 15 is 13.2 Å². The maximum atomic E-state index is 15.1. The first-order valence-electron chi connectivity index (χ1n) is 14.7. The number of benzene rings is 1. The molecule has 0 radical (unpaired) electrons. The van der Waals surface area contributed by atoms with Gasteiger partial charge in [-0.05, 0) is 51.7 Å². The number of aromatic nitrogens is 3. The lowest BCUT2D eigenvalue weighted by Crippen LogP contribution is -2.45. The van der Waals surface area contributed by atoms with Crippen LogP contribution in [0.3, 0.4) is 0 Å². The number of halogens is 6. The van der Waals surface area contributed by atoms with Gasteiger partial charge in [0.1, 0.15) is 18.1 Å². The zero-order chi connectivity index (χ0) is 36.0. The van der Waals surface area contributed by atoms with Crippen molar-refractivity contribution in [2.45, 2.75) is 82.9 Å². The number of nitrogens with one attached hydrogen (secondary N) is 1. The Bertz CT molecular complexity index is 1630. The number of ether oxygens (including phenoxy) is 5. The molecule has 266 valence electrons. The summed E-state index contributed by atoms with van der Waals surface area (Å²) in [5.41, 5.74) is -8.41. The number of rotatable bonds is 12. The second-order valence-corrected chi connectivity index (χ2v) is 11.6. The highest BCUT2D eigenvalue weighted by atomic mass is 19.4. The van der Waals surface area contributed by atoms with Crippen LogP contribution in [-0.2, 0) is 42.1 Å². The van der Waals surface area contributed by atoms with E-state index in [1.807, 2.05) is 0 Å². The number of carbonyl (C=O) groups is 2. The summed E-state index contributed by atoms with van der Waals surface area (Å²) in [6.45, 7) is 3.89. The fourth-order valence-corrected chi connectivity index (χ4v) is 4.59. The quantitative estimate of drug-likeness (QED) is 0.113. The van der Waals surface area contributed by atoms with Crippen molar-refractivity contribution in [3.8, 4) is 11.6 Å². The Morgan fingerprint density at radius 2 is 1.63 bits per heavy atom. The molecule has 12 nitrogen and oxygen atoms in total. The molecule has 49 heavy (non-hydrogen) atoms. The smallest absolute Gasteiger partial charge is 0.426 e. The molecule has 4 rings (SSSR count). The van der Waals surface area contributed by atoms with Gasteiger partial charge in [0.25, 0.3) is 11.8 Å². The molecule has 1 aliphatic rings. The molecule has 18 heteroatoms.